The van der Waals surface area contributed by atoms with Crippen LogP contribution in [0.15, 0.2) is 41.1 Å². The van der Waals surface area contributed by atoms with Crippen molar-refractivity contribution in [3.05, 3.63) is 52.3 Å². The number of carboxylic acid groups (broad SMARTS) is 1. The Hall–Kier alpha value is -1.75. The minimum absolute atomic E-state index is 0.293. The molecule has 1 heterocycles. The van der Waals surface area contributed by atoms with Crippen molar-refractivity contribution in [2.75, 3.05) is 7.11 Å². The van der Waals surface area contributed by atoms with Crippen molar-refractivity contribution in [1.82, 2.24) is 4.57 Å². The van der Waals surface area contributed by atoms with Crippen molar-refractivity contribution < 1.29 is 14.6 Å². The molecule has 0 spiro atoms. The van der Waals surface area contributed by atoms with Crippen molar-refractivity contribution >= 4 is 21.9 Å². The van der Waals surface area contributed by atoms with Crippen molar-refractivity contribution in [3.8, 4) is 5.75 Å². The van der Waals surface area contributed by atoms with Crippen LogP contribution in [0.1, 0.15) is 15.9 Å². The number of carbonyl (C=O) groups is 1. The van der Waals surface area contributed by atoms with Crippen LogP contribution in [0.25, 0.3) is 0 Å². The maximum absolute atomic E-state index is 10.9. The summed E-state index contributed by atoms with van der Waals surface area (Å²) in [7, 11) is 1.64. The molecule has 5 heteroatoms. The van der Waals surface area contributed by atoms with E-state index < -0.39 is 5.97 Å². The molecule has 0 radical (unpaired) electrons. The fourth-order valence-electron chi connectivity index (χ4n) is 1.81. The molecule has 0 atom stereocenters. The van der Waals surface area contributed by atoms with Crippen LogP contribution in [0.5, 0.6) is 5.75 Å². The Balaban J connectivity index is 2.03. The second kappa shape index (κ2) is 5.93. The van der Waals surface area contributed by atoms with Gasteiger partial charge in [0, 0.05) is 12.7 Å². The lowest BCUT2D eigenvalue weighted by Gasteiger charge is -2.06. The van der Waals surface area contributed by atoms with Gasteiger partial charge in [-0.15, -0.1) is 0 Å². The second-order valence-corrected chi connectivity index (χ2v) is 4.96. The Morgan fingerprint density at radius 2 is 2.05 bits per heavy atom. The number of nitrogens with zero attached hydrogens (tertiary/aromatic N) is 1. The van der Waals surface area contributed by atoms with Gasteiger partial charge in [-0.05, 0) is 46.1 Å². The van der Waals surface area contributed by atoms with Gasteiger partial charge in [-0.2, -0.15) is 0 Å². The molecular weight excluding hydrogens is 310 g/mol. The number of hydrogen-bond acceptors (Lipinski definition) is 2. The van der Waals surface area contributed by atoms with Crippen molar-refractivity contribution in [3.63, 3.8) is 0 Å². The highest BCUT2D eigenvalue weighted by Gasteiger charge is 2.09. The molecule has 0 aliphatic rings. The highest BCUT2D eigenvalue weighted by Crippen LogP contribution is 2.17. The number of halogens is 1. The predicted molar refractivity (Wildman–Crippen MR) is 75.8 cm³/mol. The Kier molecular flexibility index (Phi) is 4.27. The Labute approximate surface area is 119 Å². The first-order chi connectivity index (χ1) is 9.10. The highest BCUT2D eigenvalue weighted by molar-refractivity contribution is 9.10. The fourth-order valence-corrected chi connectivity index (χ4v) is 2.33. The van der Waals surface area contributed by atoms with Crippen LogP contribution in [0, 0.1) is 0 Å². The summed E-state index contributed by atoms with van der Waals surface area (Å²) in [5.74, 6) is -0.0806. The van der Waals surface area contributed by atoms with Crippen molar-refractivity contribution in [1.29, 1.82) is 0 Å². The summed E-state index contributed by atoms with van der Waals surface area (Å²) in [4.78, 5) is 10.9. The van der Waals surface area contributed by atoms with E-state index >= 15 is 0 Å². The van der Waals surface area contributed by atoms with E-state index in [9.17, 15) is 4.79 Å². The lowest BCUT2D eigenvalue weighted by molar-refractivity contribution is 0.0697. The zero-order chi connectivity index (χ0) is 13.8. The van der Waals surface area contributed by atoms with Gasteiger partial charge >= 0.3 is 5.97 Å². The van der Waals surface area contributed by atoms with Crippen LogP contribution in [-0.4, -0.2) is 22.8 Å². The van der Waals surface area contributed by atoms with Crippen molar-refractivity contribution in [2.24, 2.45) is 0 Å². The van der Waals surface area contributed by atoms with Gasteiger partial charge in [0.1, 0.15) is 5.75 Å². The largest absolute Gasteiger partial charge is 0.497 e. The zero-order valence-electron chi connectivity index (χ0n) is 10.5. The van der Waals surface area contributed by atoms with Gasteiger partial charge in [0.25, 0.3) is 0 Å². The number of aromatic nitrogens is 1. The molecule has 0 aliphatic heterocycles. The van der Waals surface area contributed by atoms with Gasteiger partial charge in [-0.1, -0.05) is 12.1 Å². The van der Waals surface area contributed by atoms with Gasteiger partial charge in [-0.25, -0.2) is 4.79 Å². The number of hydrogen-bond donors (Lipinski definition) is 1. The van der Waals surface area contributed by atoms with Gasteiger partial charge in [-0.3, -0.25) is 0 Å². The molecule has 0 saturated heterocycles. The summed E-state index contributed by atoms with van der Waals surface area (Å²) >= 11 is 3.36. The number of methoxy groups -OCH3 is 1. The average Bonchev–Trinajstić information content (AvgIpc) is 2.79. The number of ether oxygens (including phenoxy) is 1. The maximum Gasteiger partial charge on any atom is 0.337 e. The van der Waals surface area contributed by atoms with Crippen LogP contribution in [0.3, 0.4) is 0 Å². The maximum atomic E-state index is 10.9. The molecule has 0 bridgehead atoms. The monoisotopic (exact) mass is 323 g/mol. The second-order valence-electron chi connectivity index (χ2n) is 4.15. The molecule has 1 aromatic heterocycles. The molecule has 19 heavy (non-hydrogen) atoms. The number of benzene rings is 1. The summed E-state index contributed by atoms with van der Waals surface area (Å²) < 4.78 is 7.76. The number of carboxylic acids is 1. The predicted octanol–water partition coefficient (Wildman–Crippen LogP) is 3.20. The summed E-state index contributed by atoms with van der Waals surface area (Å²) in [6, 6.07) is 9.46. The molecule has 4 nitrogen and oxygen atoms in total. The molecule has 1 aromatic carbocycles. The summed E-state index contributed by atoms with van der Waals surface area (Å²) in [5, 5.41) is 8.92. The molecular formula is C14H14BrNO3. The zero-order valence-corrected chi connectivity index (χ0v) is 12.1. The summed E-state index contributed by atoms with van der Waals surface area (Å²) in [5.41, 5.74) is 1.47. The van der Waals surface area contributed by atoms with Crippen LogP contribution in [-0.2, 0) is 13.0 Å². The average molecular weight is 324 g/mol. The van der Waals surface area contributed by atoms with Crippen LogP contribution >= 0.6 is 15.9 Å². The third kappa shape index (κ3) is 3.38. The third-order valence-corrected chi connectivity index (χ3v) is 3.58. The topological polar surface area (TPSA) is 51.5 Å². The molecule has 0 aliphatic carbocycles. The molecule has 100 valence electrons. The van der Waals surface area contributed by atoms with E-state index in [1.807, 2.05) is 28.8 Å². The third-order valence-electron chi connectivity index (χ3n) is 2.89. The quantitative estimate of drug-likeness (QED) is 0.919. The number of rotatable bonds is 5. The van der Waals surface area contributed by atoms with E-state index in [2.05, 4.69) is 15.9 Å². The molecule has 2 aromatic rings. The first kappa shape index (κ1) is 13.7. The first-order valence-electron chi connectivity index (χ1n) is 5.82. The van der Waals surface area contributed by atoms with E-state index in [4.69, 9.17) is 9.84 Å². The number of aromatic carboxylic acids is 1. The van der Waals surface area contributed by atoms with Gasteiger partial charge in [0.2, 0.25) is 0 Å². The van der Waals surface area contributed by atoms with E-state index in [0.29, 0.717) is 5.56 Å². The van der Waals surface area contributed by atoms with E-state index in [-0.39, 0.29) is 0 Å². The Bertz CT molecular complexity index is 575. The Morgan fingerprint density at radius 3 is 2.58 bits per heavy atom. The van der Waals surface area contributed by atoms with E-state index in [1.54, 1.807) is 19.4 Å². The lowest BCUT2D eigenvalue weighted by atomic mass is 10.1. The van der Waals surface area contributed by atoms with Crippen LogP contribution in [0.2, 0.25) is 0 Å². The normalized spacial score (nSPS) is 10.4. The van der Waals surface area contributed by atoms with E-state index in [0.717, 1.165) is 23.3 Å². The minimum Gasteiger partial charge on any atom is -0.497 e. The first-order valence-corrected chi connectivity index (χ1v) is 6.61. The SMILES string of the molecule is COc1ccc(CCn2cc(C(=O)O)cc2Br)cc1. The molecule has 0 saturated carbocycles. The van der Waals surface area contributed by atoms with Crippen molar-refractivity contribution in [2.45, 2.75) is 13.0 Å². The smallest absolute Gasteiger partial charge is 0.337 e. The lowest BCUT2D eigenvalue weighted by Crippen LogP contribution is -2.01. The fraction of sp³-hybridized carbons (Fsp3) is 0.214. The molecule has 0 unspecified atom stereocenters. The molecule has 0 fully saturated rings. The molecule has 2 rings (SSSR count). The highest BCUT2D eigenvalue weighted by atomic mass is 79.9. The summed E-state index contributed by atoms with van der Waals surface area (Å²) in [6.45, 7) is 0.722. The Morgan fingerprint density at radius 1 is 1.37 bits per heavy atom. The molecule has 1 N–H and O–H groups in total. The summed E-state index contributed by atoms with van der Waals surface area (Å²) in [6.07, 6.45) is 2.46. The van der Waals surface area contributed by atoms with Crippen LogP contribution < -0.4 is 4.74 Å². The number of aryl methyl sites for hydroxylation is 2. The molecule has 0 amide bonds. The standard InChI is InChI=1S/C14H14BrNO3/c1-19-12-4-2-10(3-5-12)6-7-16-9-11(14(17)18)8-13(16)15/h2-5,8-9H,6-7H2,1H3,(H,17,18). The van der Waals surface area contributed by atoms with Gasteiger partial charge < -0.3 is 14.4 Å². The van der Waals surface area contributed by atoms with E-state index in [1.165, 1.54) is 5.56 Å². The van der Waals surface area contributed by atoms with Crippen LogP contribution in [0.4, 0.5) is 0 Å². The minimum atomic E-state index is -0.913. The van der Waals surface area contributed by atoms with Gasteiger partial charge in [0.15, 0.2) is 0 Å². The van der Waals surface area contributed by atoms with Gasteiger partial charge in [0.05, 0.1) is 17.3 Å².